The van der Waals surface area contributed by atoms with E-state index < -0.39 is 4.92 Å². The second kappa shape index (κ2) is 7.83. The van der Waals surface area contributed by atoms with Crippen LogP contribution in [-0.4, -0.2) is 22.6 Å². The van der Waals surface area contributed by atoms with Crippen LogP contribution in [0, 0.1) is 10.1 Å². The molecule has 2 aromatic carbocycles. The van der Waals surface area contributed by atoms with Crippen molar-refractivity contribution in [3.05, 3.63) is 69.1 Å². The first-order chi connectivity index (χ1) is 12.6. The summed E-state index contributed by atoms with van der Waals surface area (Å²) in [4.78, 5) is 27.3. The van der Waals surface area contributed by atoms with Gasteiger partial charge in [-0.1, -0.05) is 12.1 Å². The monoisotopic (exact) mass is 369 g/mol. The van der Waals surface area contributed by atoms with Gasteiger partial charge in [0, 0.05) is 12.1 Å². The number of carbonyl (C=O) groups is 1. The molecule has 1 amide bonds. The van der Waals surface area contributed by atoms with Gasteiger partial charge in [0.2, 0.25) is 0 Å². The molecule has 132 valence electrons. The number of nitrogens with zero attached hydrogens (tertiary/aromatic N) is 2. The van der Waals surface area contributed by atoms with E-state index >= 15 is 0 Å². The fourth-order valence-electron chi connectivity index (χ4n) is 2.26. The molecule has 1 fully saturated rings. The van der Waals surface area contributed by atoms with Crippen molar-refractivity contribution in [3.8, 4) is 5.75 Å². The zero-order valence-corrected chi connectivity index (χ0v) is 14.7. The number of amidine groups is 1. The maximum atomic E-state index is 12.1. The molecule has 1 heterocycles. The predicted molar refractivity (Wildman–Crippen MR) is 102 cm³/mol. The summed E-state index contributed by atoms with van der Waals surface area (Å²) in [5.74, 6) is 0.381. The van der Waals surface area contributed by atoms with Gasteiger partial charge in [-0.3, -0.25) is 14.9 Å². The summed E-state index contributed by atoms with van der Waals surface area (Å²) in [5.41, 5.74) is 1.34. The molecule has 0 aliphatic carbocycles. The van der Waals surface area contributed by atoms with Gasteiger partial charge in [0.15, 0.2) is 5.17 Å². The fraction of sp³-hybridized carbons (Fsp3) is 0.111. The van der Waals surface area contributed by atoms with Gasteiger partial charge in [-0.2, -0.15) is 0 Å². The van der Waals surface area contributed by atoms with Crippen LogP contribution in [0.1, 0.15) is 12.5 Å². The van der Waals surface area contributed by atoms with Crippen molar-refractivity contribution >= 4 is 40.3 Å². The van der Waals surface area contributed by atoms with Crippen LogP contribution >= 0.6 is 11.8 Å². The van der Waals surface area contributed by atoms with Crippen LogP contribution in [0.5, 0.6) is 5.75 Å². The third kappa shape index (κ3) is 4.09. The Balaban J connectivity index is 1.81. The molecule has 1 N–H and O–H groups in total. The zero-order valence-electron chi connectivity index (χ0n) is 13.8. The number of nitro benzene ring substituents is 1. The standard InChI is InChI=1S/C18H15N3O4S/c1-2-25-15-6-4-3-5-14(15)19-18-20-17(22)16(26-18)11-12-7-9-13(10-8-12)21(23)24/h3-11H,2H2,1H3,(H,19,20,22). The number of rotatable bonds is 5. The maximum absolute atomic E-state index is 12.1. The molecule has 0 spiro atoms. The molecule has 2 aromatic rings. The van der Waals surface area contributed by atoms with Gasteiger partial charge in [-0.05, 0) is 54.6 Å². The highest BCUT2D eigenvalue weighted by molar-refractivity contribution is 8.18. The Labute approximate surface area is 153 Å². The van der Waals surface area contributed by atoms with Crippen molar-refractivity contribution in [2.24, 2.45) is 4.99 Å². The fourth-order valence-corrected chi connectivity index (χ4v) is 3.10. The second-order valence-corrected chi connectivity index (χ2v) is 6.26. The topological polar surface area (TPSA) is 93.8 Å². The van der Waals surface area contributed by atoms with Gasteiger partial charge >= 0.3 is 0 Å². The van der Waals surface area contributed by atoms with Crippen LogP contribution in [-0.2, 0) is 4.79 Å². The summed E-state index contributed by atoms with van der Waals surface area (Å²) in [6, 6.07) is 13.3. The summed E-state index contributed by atoms with van der Waals surface area (Å²) >= 11 is 1.21. The Morgan fingerprint density at radius 3 is 2.65 bits per heavy atom. The number of amides is 1. The summed E-state index contributed by atoms with van der Waals surface area (Å²) in [5, 5.41) is 13.9. The van der Waals surface area contributed by atoms with Crippen LogP contribution in [0.2, 0.25) is 0 Å². The van der Waals surface area contributed by atoms with Crippen molar-refractivity contribution in [3.63, 3.8) is 0 Å². The predicted octanol–water partition coefficient (Wildman–Crippen LogP) is 3.89. The number of para-hydroxylation sites is 2. The Kier molecular flexibility index (Phi) is 5.33. The minimum atomic E-state index is -0.464. The highest BCUT2D eigenvalue weighted by atomic mass is 32.2. The lowest BCUT2D eigenvalue weighted by molar-refractivity contribution is -0.384. The molecule has 0 bridgehead atoms. The van der Waals surface area contributed by atoms with Gasteiger partial charge < -0.3 is 10.1 Å². The molecule has 0 unspecified atom stereocenters. The highest BCUT2D eigenvalue weighted by Crippen LogP contribution is 2.32. The van der Waals surface area contributed by atoms with Gasteiger partial charge in [-0.25, -0.2) is 4.99 Å². The van der Waals surface area contributed by atoms with E-state index in [1.165, 1.54) is 23.9 Å². The third-order valence-electron chi connectivity index (χ3n) is 3.44. The molecule has 1 aliphatic rings. The van der Waals surface area contributed by atoms with E-state index in [0.717, 1.165) is 0 Å². The van der Waals surface area contributed by atoms with E-state index in [-0.39, 0.29) is 11.6 Å². The highest BCUT2D eigenvalue weighted by Gasteiger charge is 2.24. The Morgan fingerprint density at radius 2 is 1.96 bits per heavy atom. The van der Waals surface area contributed by atoms with E-state index in [1.807, 2.05) is 31.2 Å². The number of thioether (sulfide) groups is 1. The first kappa shape index (κ1) is 17.7. The maximum Gasteiger partial charge on any atom is 0.269 e. The van der Waals surface area contributed by atoms with Crippen molar-refractivity contribution in [2.75, 3.05) is 6.61 Å². The number of carbonyl (C=O) groups excluding carboxylic acids is 1. The lowest BCUT2D eigenvalue weighted by Gasteiger charge is -2.06. The van der Waals surface area contributed by atoms with Gasteiger partial charge in [0.25, 0.3) is 11.6 Å². The average Bonchev–Trinajstić information content (AvgIpc) is 2.96. The van der Waals surface area contributed by atoms with Crippen LogP contribution in [0.3, 0.4) is 0 Å². The van der Waals surface area contributed by atoms with Gasteiger partial charge in [0.05, 0.1) is 16.4 Å². The molecule has 0 atom stereocenters. The van der Waals surface area contributed by atoms with E-state index in [0.29, 0.717) is 33.7 Å². The van der Waals surface area contributed by atoms with E-state index in [2.05, 4.69) is 10.3 Å². The second-order valence-electron chi connectivity index (χ2n) is 5.23. The van der Waals surface area contributed by atoms with E-state index in [1.54, 1.807) is 18.2 Å². The molecule has 8 heteroatoms. The smallest absolute Gasteiger partial charge is 0.269 e. The number of benzene rings is 2. The van der Waals surface area contributed by atoms with Crippen molar-refractivity contribution in [2.45, 2.75) is 6.92 Å². The van der Waals surface area contributed by atoms with Crippen molar-refractivity contribution in [1.29, 1.82) is 0 Å². The number of nitrogens with one attached hydrogen (secondary N) is 1. The van der Waals surface area contributed by atoms with Crippen LogP contribution in [0.4, 0.5) is 11.4 Å². The zero-order chi connectivity index (χ0) is 18.5. The Bertz CT molecular complexity index is 907. The number of aliphatic imine (C=N–C) groups is 1. The molecule has 0 saturated carbocycles. The summed E-state index contributed by atoms with van der Waals surface area (Å²) in [6.07, 6.45) is 1.67. The van der Waals surface area contributed by atoms with Crippen molar-refractivity contribution < 1.29 is 14.5 Å². The minimum Gasteiger partial charge on any atom is -0.492 e. The summed E-state index contributed by atoms with van der Waals surface area (Å²) in [7, 11) is 0. The summed E-state index contributed by atoms with van der Waals surface area (Å²) in [6.45, 7) is 2.41. The first-order valence-corrected chi connectivity index (χ1v) is 8.64. The number of ether oxygens (including phenoxy) is 1. The molecule has 1 saturated heterocycles. The molecular weight excluding hydrogens is 354 g/mol. The average molecular weight is 369 g/mol. The van der Waals surface area contributed by atoms with Crippen LogP contribution < -0.4 is 10.1 Å². The Hall–Kier alpha value is -3.13. The van der Waals surface area contributed by atoms with Crippen molar-refractivity contribution in [1.82, 2.24) is 5.32 Å². The number of hydrogen-bond donors (Lipinski definition) is 1. The number of nitro groups is 1. The normalized spacial score (nSPS) is 16.7. The lowest BCUT2D eigenvalue weighted by Crippen LogP contribution is -2.19. The largest absolute Gasteiger partial charge is 0.492 e. The van der Waals surface area contributed by atoms with Gasteiger partial charge in [0.1, 0.15) is 11.4 Å². The molecule has 0 aromatic heterocycles. The molecule has 1 aliphatic heterocycles. The lowest BCUT2D eigenvalue weighted by atomic mass is 10.2. The molecule has 0 radical (unpaired) electrons. The molecule has 7 nitrogen and oxygen atoms in total. The van der Waals surface area contributed by atoms with E-state index in [9.17, 15) is 14.9 Å². The van der Waals surface area contributed by atoms with E-state index in [4.69, 9.17) is 4.74 Å². The number of non-ortho nitro benzene ring substituents is 1. The Morgan fingerprint density at radius 1 is 1.23 bits per heavy atom. The third-order valence-corrected chi connectivity index (χ3v) is 4.35. The molecule has 26 heavy (non-hydrogen) atoms. The van der Waals surface area contributed by atoms with Crippen LogP contribution in [0.15, 0.2) is 58.4 Å². The van der Waals surface area contributed by atoms with Crippen LogP contribution in [0.25, 0.3) is 6.08 Å². The molecular formula is C18H15N3O4S. The first-order valence-electron chi connectivity index (χ1n) is 7.82. The molecule has 3 rings (SSSR count). The number of hydrogen-bond acceptors (Lipinski definition) is 6. The summed E-state index contributed by atoms with van der Waals surface area (Å²) < 4.78 is 5.53. The minimum absolute atomic E-state index is 0.00505. The van der Waals surface area contributed by atoms with Gasteiger partial charge in [-0.15, -0.1) is 0 Å². The quantitative estimate of drug-likeness (QED) is 0.490. The SMILES string of the molecule is CCOc1ccccc1N=C1NC(=O)C(=Cc2ccc([N+](=O)[O-])cc2)S1.